The summed E-state index contributed by atoms with van der Waals surface area (Å²) in [6.45, 7) is 7.23. The van der Waals surface area contributed by atoms with Crippen LogP contribution in [0.25, 0.3) is 0 Å². The van der Waals surface area contributed by atoms with Gasteiger partial charge >= 0.3 is 0 Å². The molecule has 7 nitrogen and oxygen atoms in total. The number of piperidine rings is 1. The SMILES string of the molecule is C=CCN1CC[C@]23c4c5ccc(O)c4O[C@H]2[C@H](N2C(=O)c4ccc(C)cc4C2=O)CC[C@@]3(O)[C@H]1C5. The summed E-state index contributed by atoms with van der Waals surface area (Å²) in [5.74, 6) is -0.169. The smallest absolute Gasteiger partial charge is 0.261 e. The molecule has 5 atom stereocenters. The number of benzene rings is 2. The first kappa shape index (κ1) is 21.1. The standard InChI is InChI=1S/C28H28N2O5/c1-3-11-29-12-10-27-22-16-5-7-20(31)23(22)35-24(27)19(8-9-28(27,34)21(29)14-16)30-25(32)17-6-4-15(2)13-18(17)26(30)33/h3-7,13,19,21,24,31,34H,1,8-12,14H2,2H3/t19-,21-,24+,27+,28-/m1/s1. The van der Waals surface area contributed by atoms with Crippen molar-refractivity contribution >= 4 is 11.8 Å². The summed E-state index contributed by atoms with van der Waals surface area (Å²) in [6.07, 6.45) is 3.39. The zero-order chi connectivity index (χ0) is 24.3. The lowest BCUT2D eigenvalue weighted by Gasteiger charge is -2.64. The zero-order valence-electron chi connectivity index (χ0n) is 19.7. The fourth-order valence-corrected chi connectivity index (χ4v) is 7.93. The summed E-state index contributed by atoms with van der Waals surface area (Å²) in [5.41, 5.74) is 1.79. The third-order valence-electron chi connectivity index (χ3n) is 9.31. The van der Waals surface area contributed by atoms with Gasteiger partial charge in [-0.1, -0.05) is 23.8 Å². The third kappa shape index (κ3) is 2.33. The molecule has 2 amide bonds. The number of rotatable bonds is 3. The van der Waals surface area contributed by atoms with Crippen LogP contribution in [0.1, 0.15) is 56.7 Å². The first-order valence-electron chi connectivity index (χ1n) is 12.4. The lowest BCUT2D eigenvalue weighted by molar-refractivity contribution is -0.194. The van der Waals surface area contributed by atoms with Gasteiger partial charge in [0.25, 0.3) is 11.8 Å². The van der Waals surface area contributed by atoms with E-state index in [9.17, 15) is 19.8 Å². The van der Waals surface area contributed by atoms with E-state index in [1.165, 1.54) is 4.90 Å². The summed E-state index contributed by atoms with van der Waals surface area (Å²) in [7, 11) is 0. The van der Waals surface area contributed by atoms with Crippen molar-refractivity contribution in [3.05, 3.63) is 70.8 Å². The maximum Gasteiger partial charge on any atom is 0.261 e. The summed E-state index contributed by atoms with van der Waals surface area (Å²) in [6, 6.07) is 8.26. The number of hydrogen-bond donors (Lipinski definition) is 2. The zero-order valence-corrected chi connectivity index (χ0v) is 19.7. The molecule has 35 heavy (non-hydrogen) atoms. The predicted octanol–water partition coefficient (Wildman–Crippen LogP) is 2.71. The number of likely N-dealkylation sites (tertiary alicyclic amines) is 1. The third-order valence-corrected chi connectivity index (χ3v) is 9.31. The average Bonchev–Trinajstić information content (AvgIpc) is 3.30. The number of amides is 2. The highest BCUT2D eigenvalue weighted by atomic mass is 16.5. The number of phenolic OH excluding ortho intramolecular Hbond substituents is 1. The van der Waals surface area contributed by atoms with Gasteiger partial charge in [0.05, 0.1) is 28.2 Å². The molecule has 180 valence electrons. The summed E-state index contributed by atoms with van der Waals surface area (Å²) >= 11 is 0. The van der Waals surface area contributed by atoms with Gasteiger partial charge in [0.15, 0.2) is 11.5 Å². The Morgan fingerprint density at radius 2 is 1.97 bits per heavy atom. The number of ether oxygens (including phenoxy) is 1. The molecule has 7 rings (SSSR count). The fraction of sp³-hybridized carbons (Fsp3) is 0.429. The summed E-state index contributed by atoms with van der Waals surface area (Å²) in [4.78, 5) is 30.7. The number of aromatic hydroxyl groups is 1. The topological polar surface area (TPSA) is 90.3 Å². The lowest BCUT2D eigenvalue weighted by Crippen LogP contribution is -2.78. The van der Waals surface area contributed by atoms with E-state index in [4.69, 9.17) is 4.74 Å². The number of fused-ring (bicyclic) bond motifs is 1. The first-order valence-corrected chi connectivity index (χ1v) is 12.4. The molecular formula is C28H28N2O5. The predicted molar refractivity (Wildman–Crippen MR) is 128 cm³/mol. The van der Waals surface area contributed by atoms with E-state index >= 15 is 0 Å². The first-order chi connectivity index (χ1) is 16.8. The molecule has 2 aromatic carbocycles. The highest BCUT2D eigenvalue weighted by Gasteiger charge is 2.74. The van der Waals surface area contributed by atoms with Crippen LogP contribution in [0, 0.1) is 6.92 Å². The molecule has 2 aromatic rings. The van der Waals surface area contributed by atoms with Crippen molar-refractivity contribution in [1.29, 1.82) is 0 Å². The van der Waals surface area contributed by atoms with Crippen LogP contribution < -0.4 is 4.74 Å². The molecule has 2 N–H and O–H groups in total. The van der Waals surface area contributed by atoms with Crippen molar-refractivity contribution in [1.82, 2.24) is 9.80 Å². The van der Waals surface area contributed by atoms with Gasteiger partial charge < -0.3 is 14.9 Å². The van der Waals surface area contributed by atoms with Gasteiger partial charge in [-0.2, -0.15) is 0 Å². The monoisotopic (exact) mass is 472 g/mol. The molecule has 1 spiro atoms. The van der Waals surface area contributed by atoms with Crippen LogP contribution in [0.3, 0.4) is 0 Å². The van der Waals surface area contributed by atoms with Crippen LogP contribution >= 0.6 is 0 Å². The molecule has 0 aromatic heterocycles. The normalized spacial score (nSPS) is 34.5. The molecule has 2 aliphatic carbocycles. The number of carbonyl (C=O) groups is 2. The van der Waals surface area contributed by atoms with E-state index in [1.807, 2.05) is 25.1 Å². The van der Waals surface area contributed by atoms with E-state index in [-0.39, 0.29) is 23.6 Å². The highest BCUT2D eigenvalue weighted by Crippen LogP contribution is 2.66. The highest BCUT2D eigenvalue weighted by molar-refractivity contribution is 6.21. The van der Waals surface area contributed by atoms with E-state index in [1.54, 1.807) is 18.2 Å². The van der Waals surface area contributed by atoms with Crippen LogP contribution in [0.2, 0.25) is 0 Å². The quantitative estimate of drug-likeness (QED) is 0.528. The summed E-state index contributed by atoms with van der Waals surface area (Å²) < 4.78 is 6.52. The molecule has 3 aliphatic heterocycles. The molecular weight excluding hydrogens is 444 g/mol. The number of aliphatic hydroxyl groups is 1. The van der Waals surface area contributed by atoms with Gasteiger partial charge in [-0.3, -0.25) is 19.4 Å². The van der Waals surface area contributed by atoms with Crippen LogP contribution in [0.4, 0.5) is 0 Å². The van der Waals surface area contributed by atoms with Gasteiger partial charge in [0.1, 0.15) is 6.10 Å². The molecule has 5 aliphatic rings. The number of hydrogen-bond acceptors (Lipinski definition) is 6. The van der Waals surface area contributed by atoms with Crippen molar-refractivity contribution in [2.24, 2.45) is 0 Å². The number of nitrogens with zero attached hydrogens (tertiary/aromatic N) is 2. The second-order valence-corrected chi connectivity index (χ2v) is 10.8. The largest absolute Gasteiger partial charge is 0.504 e. The van der Waals surface area contributed by atoms with Gasteiger partial charge in [0, 0.05) is 18.2 Å². The molecule has 1 saturated heterocycles. The Morgan fingerprint density at radius 3 is 2.77 bits per heavy atom. The minimum absolute atomic E-state index is 0.0404. The van der Waals surface area contributed by atoms with Gasteiger partial charge in [-0.25, -0.2) is 0 Å². The van der Waals surface area contributed by atoms with Gasteiger partial charge in [-0.05, 0) is 62.9 Å². The van der Waals surface area contributed by atoms with Crippen LogP contribution in [0.15, 0.2) is 43.0 Å². The number of imide groups is 1. The van der Waals surface area contributed by atoms with E-state index in [2.05, 4.69) is 11.5 Å². The fourth-order valence-electron chi connectivity index (χ4n) is 7.93. The second kappa shape index (κ2) is 6.74. The lowest BCUT2D eigenvalue weighted by atomic mass is 9.48. The maximum absolute atomic E-state index is 13.6. The van der Waals surface area contributed by atoms with Crippen molar-refractivity contribution in [3.8, 4) is 11.5 Å². The Morgan fingerprint density at radius 1 is 1.17 bits per heavy atom. The average molecular weight is 473 g/mol. The molecule has 0 unspecified atom stereocenters. The van der Waals surface area contributed by atoms with E-state index in [0.29, 0.717) is 49.1 Å². The van der Waals surface area contributed by atoms with E-state index < -0.39 is 23.2 Å². The van der Waals surface area contributed by atoms with Gasteiger partial charge in [0.2, 0.25) is 0 Å². The van der Waals surface area contributed by atoms with Crippen molar-refractivity contribution in [2.45, 2.75) is 61.8 Å². The Labute approximate surface area is 203 Å². The number of carbonyl (C=O) groups excluding carboxylic acids is 2. The molecule has 3 heterocycles. The molecule has 2 bridgehead atoms. The van der Waals surface area contributed by atoms with Crippen LogP contribution in [-0.2, 0) is 11.8 Å². The maximum atomic E-state index is 13.6. The van der Waals surface area contributed by atoms with Gasteiger partial charge in [-0.15, -0.1) is 6.58 Å². The Bertz CT molecular complexity index is 1340. The summed E-state index contributed by atoms with van der Waals surface area (Å²) in [5, 5.41) is 23.3. The number of aryl methyl sites for hydroxylation is 1. The van der Waals surface area contributed by atoms with Crippen LogP contribution in [0.5, 0.6) is 11.5 Å². The number of phenols is 1. The van der Waals surface area contributed by atoms with E-state index in [0.717, 1.165) is 23.2 Å². The Kier molecular flexibility index (Phi) is 4.07. The molecule has 7 heteroatoms. The molecule has 2 fully saturated rings. The van der Waals surface area contributed by atoms with Crippen molar-refractivity contribution in [3.63, 3.8) is 0 Å². The Hall–Kier alpha value is -3.16. The minimum Gasteiger partial charge on any atom is -0.504 e. The molecule has 0 radical (unpaired) electrons. The van der Waals surface area contributed by atoms with Crippen LogP contribution in [-0.4, -0.2) is 68.7 Å². The second-order valence-electron chi connectivity index (χ2n) is 10.8. The van der Waals surface area contributed by atoms with Crippen molar-refractivity contribution < 1.29 is 24.5 Å². The Balaban J connectivity index is 1.39. The van der Waals surface area contributed by atoms with Crippen molar-refractivity contribution in [2.75, 3.05) is 13.1 Å². The minimum atomic E-state index is -1.10. The molecule has 1 saturated carbocycles.